The Bertz CT molecular complexity index is 328. The molecule has 1 aromatic carbocycles. The third-order valence-corrected chi connectivity index (χ3v) is 3.54. The first-order valence-corrected chi connectivity index (χ1v) is 7.28. The first kappa shape index (κ1) is 15.0. The number of unbranched alkanes of at least 4 members (excludes halogenated alkanes) is 2. The lowest BCUT2D eigenvalue weighted by atomic mass is 10.1. The molecule has 2 nitrogen and oxygen atoms in total. The van der Waals surface area contributed by atoms with Crippen molar-refractivity contribution >= 4 is 5.69 Å². The zero-order valence-electron chi connectivity index (χ0n) is 12.2. The number of nitrogens with zero attached hydrogens (tertiary/aromatic N) is 1. The van der Waals surface area contributed by atoms with Gasteiger partial charge in [-0.15, -0.1) is 0 Å². The van der Waals surface area contributed by atoms with E-state index in [-0.39, 0.29) is 0 Å². The Balaban J connectivity index is 2.70. The molecule has 0 aliphatic carbocycles. The minimum Gasteiger partial charge on any atom is -0.399 e. The van der Waals surface area contributed by atoms with Gasteiger partial charge in [-0.2, -0.15) is 0 Å². The van der Waals surface area contributed by atoms with Crippen LogP contribution in [0.5, 0.6) is 0 Å². The van der Waals surface area contributed by atoms with E-state index in [0.29, 0.717) is 6.04 Å². The monoisotopic (exact) mass is 248 g/mol. The van der Waals surface area contributed by atoms with Crippen LogP contribution in [-0.4, -0.2) is 18.0 Å². The molecule has 18 heavy (non-hydrogen) atoms. The van der Waals surface area contributed by atoms with E-state index in [0.717, 1.165) is 5.69 Å². The second-order valence-corrected chi connectivity index (χ2v) is 5.09. The number of hydrogen-bond acceptors (Lipinski definition) is 2. The van der Waals surface area contributed by atoms with Crippen molar-refractivity contribution in [1.29, 1.82) is 0 Å². The van der Waals surface area contributed by atoms with Gasteiger partial charge in [-0.05, 0) is 50.6 Å². The molecule has 0 amide bonds. The maximum absolute atomic E-state index is 5.88. The number of nitrogens with two attached hydrogens (primary N) is 1. The van der Waals surface area contributed by atoms with Gasteiger partial charge >= 0.3 is 0 Å². The average molecular weight is 248 g/mol. The van der Waals surface area contributed by atoms with Crippen LogP contribution in [0.4, 0.5) is 5.69 Å². The molecule has 0 aliphatic rings. The lowest BCUT2D eigenvalue weighted by molar-refractivity contribution is 0.204. The van der Waals surface area contributed by atoms with Gasteiger partial charge in [-0.25, -0.2) is 0 Å². The number of anilines is 1. The van der Waals surface area contributed by atoms with Crippen molar-refractivity contribution < 1.29 is 0 Å². The lowest BCUT2D eigenvalue weighted by Crippen LogP contribution is -2.29. The Morgan fingerprint density at radius 3 is 2.22 bits per heavy atom. The van der Waals surface area contributed by atoms with Crippen LogP contribution in [0.2, 0.25) is 0 Å². The summed E-state index contributed by atoms with van der Waals surface area (Å²) in [5.41, 5.74) is 8.08. The van der Waals surface area contributed by atoms with Crippen LogP contribution in [0.3, 0.4) is 0 Å². The predicted octanol–water partition coefficient (Wildman–Crippen LogP) is 4.23. The quantitative estimate of drug-likeness (QED) is 0.697. The van der Waals surface area contributed by atoms with E-state index in [1.165, 1.54) is 44.3 Å². The highest BCUT2D eigenvalue weighted by molar-refractivity contribution is 5.41. The molecule has 0 heterocycles. The Labute approximate surface area is 112 Å². The van der Waals surface area contributed by atoms with E-state index in [4.69, 9.17) is 5.73 Å². The van der Waals surface area contributed by atoms with Crippen molar-refractivity contribution in [1.82, 2.24) is 4.90 Å². The maximum atomic E-state index is 5.88. The summed E-state index contributed by atoms with van der Waals surface area (Å²) in [4.78, 5) is 2.59. The Morgan fingerprint density at radius 1 is 1.11 bits per heavy atom. The molecule has 0 spiro atoms. The van der Waals surface area contributed by atoms with Crippen LogP contribution in [0.15, 0.2) is 24.3 Å². The van der Waals surface area contributed by atoms with Crippen molar-refractivity contribution in [2.75, 3.05) is 18.8 Å². The van der Waals surface area contributed by atoms with Gasteiger partial charge in [0, 0.05) is 11.7 Å². The molecular weight excluding hydrogens is 220 g/mol. The minimum absolute atomic E-state index is 0.464. The molecule has 1 rings (SSSR count). The molecule has 0 bridgehead atoms. The van der Waals surface area contributed by atoms with Crippen LogP contribution < -0.4 is 5.73 Å². The van der Waals surface area contributed by atoms with Crippen molar-refractivity contribution in [2.24, 2.45) is 0 Å². The molecule has 0 aromatic heterocycles. The average Bonchev–Trinajstić information content (AvgIpc) is 2.38. The van der Waals surface area contributed by atoms with E-state index in [1.54, 1.807) is 0 Å². The molecule has 0 radical (unpaired) electrons. The minimum atomic E-state index is 0.464. The van der Waals surface area contributed by atoms with Crippen molar-refractivity contribution in [3.63, 3.8) is 0 Å². The van der Waals surface area contributed by atoms with Gasteiger partial charge in [0.2, 0.25) is 0 Å². The van der Waals surface area contributed by atoms with E-state index < -0.39 is 0 Å². The fraction of sp³-hybridized carbons (Fsp3) is 0.625. The van der Waals surface area contributed by atoms with E-state index in [1.807, 2.05) is 6.07 Å². The van der Waals surface area contributed by atoms with Gasteiger partial charge in [0.15, 0.2) is 0 Å². The first-order chi connectivity index (χ1) is 8.69. The number of hydrogen-bond donors (Lipinski definition) is 1. The topological polar surface area (TPSA) is 29.3 Å². The smallest absolute Gasteiger partial charge is 0.0320 e. The molecule has 0 aliphatic heterocycles. The molecule has 102 valence electrons. The molecule has 1 unspecified atom stereocenters. The Morgan fingerprint density at radius 2 is 1.72 bits per heavy atom. The van der Waals surface area contributed by atoms with Crippen molar-refractivity contribution in [3.8, 4) is 0 Å². The van der Waals surface area contributed by atoms with Crippen LogP contribution in [0.25, 0.3) is 0 Å². The summed E-state index contributed by atoms with van der Waals surface area (Å²) in [6.07, 6.45) is 5.06. The zero-order valence-corrected chi connectivity index (χ0v) is 12.2. The largest absolute Gasteiger partial charge is 0.399 e. The molecule has 0 saturated carbocycles. The Kier molecular flexibility index (Phi) is 6.81. The number of rotatable bonds is 8. The van der Waals surface area contributed by atoms with Gasteiger partial charge in [0.25, 0.3) is 0 Å². The third-order valence-electron chi connectivity index (χ3n) is 3.54. The summed E-state index contributed by atoms with van der Waals surface area (Å²) in [6.45, 7) is 9.17. The Hall–Kier alpha value is -1.02. The summed E-state index contributed by atoms with van der Waals surface area (Å²) in [6, 6.07) is 8.77. The highest BCUT2D eigenvalue weighted by Gasteiger charge is 2.14. The molecule has 1 atom stereocenters. The van der Waals surface area contributed by atoms with Gasteiger partial charge in [0.1, 0.15) is 0 Å². The van der Waals surface area contributed by atoms with Gasteiger partial charge < -0.3 is 5.73 Å². The second-order valence-electron chi connectivity index (χ2n) is 5.09. The maximum Gasteiger partial charge on any atom is 0.0320 e. The molecular formula is C16H28N2. The van der Waals surface area contributed by atoms with Crippen LogP contribution in [-0.2, 0) is 0 Å². The van der Waals surface area contributed by atoms with Crippen LogP contribution in [0.1, 0.15) is 58.1 Å². The van der Waals surface area contributed by atoms with Crippen molar-refractivity contribution in [2.45, 2.75) is 52.5 Å². The predicted molar refractivity (Wildman–Crippen MR) is 80.7 cm³/mol. The van der Waals surface area contributed by atoms with E-state index >= 15 is 0 Å². The normalized spacial score (nSPS) is 12.9. The molecule has 0 fully saturated rings. The lowest BCUT2D eigenvalue weighted by Gasteiger charge is -2.29. The summed E-state index contributed by atoms with van der Waals surface area (Å²) in [5, 5.41) is 0. The van der Waals surface area contributed by atoms with Crippen LogP contribution in [0, 0.1) is 0 Å². The fourth-order valence-corrected chi connectivity index (χ4v) is 2.25. The second kappa shape index (κ2) is 8.15. The van der Waals surface area contributed by atoms with E-state index in [9.17, 15) is 0 Å². The highest BCUT2D eigenvalue weighted by atomic mass is 15.1. The molecule has 0 saturated heterocycles. The molecule has 1 aromatic rings. The van der Waals surface area contributed by atoms with Gasteiger partial charge in [-0.1, -0.05) is 38.8 Å². The van der Waals surface area contributed by atoms with E-state index in [2.05, 4.69) is 43.9 Å². The standard InChI is InChI=1S/C16H28N2/c1-4-6-11-18(12-7-5-2)14(3)15-9-8-10-16(17)13-15/h8-10,13-14H,4-7,11-12,17H2,1-3H3. The fourth-order valence-electron chi connectivity index (χ4n) is 2.25. The summed E-state index contributed by atoms with van der Waals surface area (Å²) in [5.74, 6) is 0. The zero-order chi connectivity index (χ0) is 13.4. The highest BCUT2D eigenvalue weighted by Crippen LogP contribution is 2.22. The molecule has 2 N–H and O–H groups in total. The third kappa shape index (κ3) is 4.69. The van der Waals surface area contributed by atoms with Crippen LogP contribution >= 0.6 is 0 Å². The van der Waals surface area contributed by atoms with Gasteiger partial charge in [-0.3, -0.25) is 4.90 Å². The van der Waals surface area contributed by atoms with Gasteiger partial charge in [0.05, 0.1) is 0 Å². The SMILES string of the molecule is CCCCN(CCCC)C(C)c1cccc(N)c1. The number of benzene rings is 1. The summed E-state index contributed by atoms with van der Waals surface area (Å²) in [7, 11) is 0. The first-order valence-electron chi connectivity index (χ1n) is 7.28. The summed E-state index contributed by atoms with van der Waals surface area (Å²) < 4.78 is 0. The summed E-state index contributed by atoms with van der Waals surface area (Å²) >= 11 is 0. The number of nitrogen functional groups attached to an aromatic ring is 1. The van der Waals surface area contributed by atoms with Crippen molar-refractivity contribution in [3.05, 3.63) is 29.8 Å². The molecule has 2 heteroatoms.